The van der Waals surface area contributed by atoms with Crippen molar-refractivity contribution in [2.45, 2.75) is 19.8 Å². The summed E-state index contributed by atoms with van der Waals surface area (Å²) >= 11 is 0. The molecule has 142 valence electrons. The minimum Gasteiger partial charge on any atom is -0.497 e. The van der Waals surface area contributed by atoms with Crippen molar-refractivity contribution in [2.75, 3.05) is 14.2 Å². The highest BCUT2D eigenvalue weighted by atomic mass is 16.6. The standard InChI is InChI=1S/C19H21N3O5/c1-4-6-18(13-7-5-8-15(9-13)22(24)25)20-21-19(23)14-10-16(26-2)12-17(11-14)27-3/h5,7-12H,4,6H2,1-3H3,(H,21,23)/b20-18-. The quantitative estimate of drug-likeness (QED) is 0.434. The van der Waals surface area contributed by atoms with Crippen LogP contribution in [0.2, 0.25) is 0 Å². The fourth-order valence-electron chi connectivity index (χ4n) is 2.42. The highest BCUT2D eigenvalue weighted by Crippen LogP contribution is 2.22. The number of hydrogen-bond acceptors (Lipinski definition) is 6. The van der Waals surface area contributed by atoms with Crippen molar-refractivity contribution in [1.82, 2.24) is 5.43 Å². The first-order valence-electron chi connectivity index (χ1n) is 8.33. The maximum Gasteiger partial charge on any atom is 0.271 e. The highest BCUT2D eigenvalue weighted by molar-refractivity contribution is 6.02. The lowest BCUT2D eigenvalue weighted by atomic mass is 10.1. The molecule has 0 saturated heterocycles. The largest absolute Gasteiger partial charge is 0.497 e. The predicted molar refractivity (Wildman–Crippen MR) is 102 cm³/mol. The van der Waals surface area contributed by atoms with Gasteiger partial charge in [0.25, 0.3) is 11.6 Å². The van der Waals surface area contributed by atoms with Gasteiger partial charge >= 0.3 is 0 Å². The van der Waals surface area contributed by atoms with Gasteiger partial charge in [0.05, 0.1) is 24.9 Å². The summed E-state index contributed by atoms with van der Waals surface area (Å²) in [4.78, 5) is 23.0. The molecule has 0 saturated carbocycles. The number of nitrogens with one attached hydrogen (secondary N) is 1. The maximum atomic E-state index is 12.5. The number of nitrogens with zero attached hydrogens (tertiary/aromatic N) is 2. The summed E-state index contributed by atoms with van der Waals surface area (Å²) in [5.74, 6) is 0.526. The third kappa shape index (κ3) is 5.27. The Balaban J connectivity index is 2.28. The van der Waals surface area contributed by atoms with Crippen LogP contribution >= 0.6 is 0 Å². The van der Waals surface area contributed by atoms with Gasteiger partial charge in [-0.05, 0) is 18.6 Å². The molecule has 2 aromatic carbocycles. The van der Waals surface area contributed by atoms with Gasteiger partial charge in [0.1, 0.15) is 11.5 Å². The Morgan fingerprint density at radius 2 is 1.78 bits per heavy atom. The van der Waals surface area contributed by atoms with E-state index in [1.54, 1.807) is 30.3 Å². The van der Waals surface area contributed by atoms with Crippen molar-refractivity contribution < 1.29 is 19.2 Å². The first-order valence-corrected chi connectivity index (χ1v) is 8.33. The molecule has 0 aliphatic carbocycles. The van der Waals surface area contributed by atoms with E-state index in [2.05, 4.69) is 10.5 Å². The predicted octanol–water partition coefficient (Wildman–Crippen LogP) is 3.55. The fraction of sp³-hybridized carbons (Fsp3) is 0.263. The van der Waals surface area contributed by atoms with Crippen LogP contribution in [0.3, 0.4) is 0 Å². The van der Waals surface area contributed by atoms with Crippen LogP contribution in [0.25, 0.3) is 0 Å². The van der Waals surface area contributed by atoms with E-state index in [-0.39, 0.29) is 5.69 Å². The summed E-state index contributed by atoms with van der Waals surface area (Å²) < 4.78 is 10.3. The van der Waals surface area contributed by atoms with Crippen molar-refractivity contribution in [2.24, 2.45) is 5.10 Å². The maximum absolute atomic E-state index is 12.5. The first kappa shape index (κ1) is 19.9. The first-order chi connectivity index (χ1) is 13.0. The lowest BCUT2D eigenvalue weighted by Crippen LogP contribution is -2.20. The number of ether oxygens (including phenoxy) is 2. The molecule has 0 atom stereocenters. The number of non-ortho nitro benzene ring substituents is 1. The second-order valence-electron chi connectivity index (χ2n) is 5.66. The SMILES string of the molecule is CCC/C(=N/NC(=O)c1cc(OC)cc(OC)c1)c1cccc([N+](=O)[O-])c1. The average molecular weight is 371 g/mol. The zero-order chi connectivity index (χ0) is 19.8. The number of hydrazone groups is 1. The number of methoxy groups -OCH3 is 2. The van der Waals surface area contributed by atoms with Gasteiger partial charge in [0.2, 0.25) is 0 Å². The number of carbonyl (C=O) groups is 1. The summed E-state index contributed by atoms with van der Waals surface area (Å²) in [7, 11) is 2.99. The number of amides is 1. The van der Waals surface area contributed by atoms with Crippen molar-refractivity contribution in [3.63, 3.8) is 0 Å². The zero-order valence-electron chi connectivity index (χ0n) is 15.4. The van der Waals surface area contributed by atoms with Crippen LogP contribution in [0.1, 0.15) is 35.7 Å². The van der Waals surface area contributed by atoms with Crippen molar-refractivity contribution in [3.05, 3.63) is 63.7 Å². The smallest absolute Gasteiger partial charge is 0.271 e. The lowest BCUT2D eigenvalue weighted by Gasteiger charge is -2.09. The number of nitro groups is 1. The van der Waals surface area contributed by atoms with E-state index in [9.17, 15) is 14.9 Å². The van der Waals surface area contributed by atoms with Crippen molar-refractivity contribution >= 4 is 17.3 Å². The summed E-state index contributed by atoms with van der Waals surface area (Å²) in [6.45, 7) is 1.96. The molecule has 0 bridgehead atoms. The van der Waals surface area contributed by atoms with Gasteiger partial charge in [0, 0.05) is 29.3 Å². The Morgan fingerprint density at radius 1 is 1.11 bits per heavy atom. The zero-order valence-corrected chi connectivity index (χ0v) is 15.4. The minimum absolute atomic E-state index is 0.0276. The molecular formula is C19H21N3O5. The molecule has 1 N–H and O–H groups in total. The number of carbonyl (C=O) groups excluding carboxylic acids is 1. The Labute approximate surface area is 157 Å². The molecule has 0 aliphatic heterocycles. The Hall–Kier alpha value is -3.42. The molecule has 2 rings (SSSR count). The van der Waals surface area contributed by atoms with Gasteiger partial charge in [-0.1, -0.05) is 25.5 Å². The van der Waals surface area contributed by atoms with Gasteiger partial charge in [-0.25, -0.2) is 5.43 Å². The molecular weight excluding hydrogens is 350 g/mol. The van der Waals surface area contributed by atoms with Crippen LogP contribution < -0.4 is 14.9 Å². The second-order valence-corrected chi connectivity index (χ2v) is 5.66. The van der Waals surface area contributed by atoms with E-state index < -0.39 is 10.8 Å². The molecule has 0 fully saturated rings. The summed E-state index contributed by atoms with van der Waals surface area (Å²) in [6, 6.07) is 11.0. The monoisotopic (exact) mass is 371 g/mol. The van der Waals surface area contributed by atoms with E-state index in [1.807, 2.05) is 6.92 Å². The number of nitro benzene ring substituents is 1. The van der Waals surface area contributed by atoms with Crippen LogP contribution in [0.15, 0.2) is 47.6 Å². The topological polar surface area (TPSA) is 103 Å². The molecule has 0 heterocycles. The second kappa shape index (κ2) is 9.33. The summed E-state index contributed by atoms with van der Waals surface area (Å²) in [5, 5.41) is 15.2. The number of rotatable bonds is 8. The summed E-state index contributed by atoms with van der Waals surface area (Å²) in [5.41, 5.74) is 3.95. The fourth-order valence-corrected chi connectivity index (χ4v) is 2.42. The van der Waals surface area contributed by atoms with E-state index in [0.717, 1.165) is 6.42 Å². The van der Waals surface area contributed by atoms with Crippen LogP contribution in [0, 0.1) is 10.1 Å². The van der Waals surface area contributed by atoms with Crippen molar-refractivity contribution in [3.8, 4) is 11.5 Å². The number of hydrogen-bond donors (Lipinski definition) is 1. The van der Waals surface area contributed by atoms with E-state index in [4.69, 9.17) is 9.47 Å². The van der Waals surface area contributed by atoms with Crippen LogP contribution in [-0.4, -0.2) is 30.8 Å². The molecule has 1 amide bonds. The molecule has 0 aromatic heterocycles. The highest BCUT2D eigenvalue weighted by Gasteiger charge is 2.12. The Kier molecular flexibility index (Phi) is 6.87. The van der Waals surface area contributed by atoms with E-state index in [1.165, 1.54) is 26.4 Å². The molecule has 2 aromatic rings. The Morgan fingerprint density at radius 3 is 2.33 bits per heavy atom. The van der Waals surface area contributed by atoms with Gasteiger partial charge < -0.3 is 9.47 Å². The Bertz CT molecular complexity index is 842. The average Bonchev–Trinajstić information content (AvgIpc) is 2.70. The molecule has 0 unspecified atom stereocenters. The van der Waals surface area contributed by atoms with Crippen LogP contribution in [0.5, 0.6) is 11.5 Å². The van der Waals surface area contributed by atoms with E-state index in [0.29, 0.717) is 34.8 Å². The van der Waals surface area contributed by atoms with E-state index >= 15 is 0 Å². The van der Waals surface area contributed by atoms with Gasteiger partial charge in [-0.3, -0.25) is 14.9 Å². The van der Waals surface area contributed by atoms with Crippen molar-refractivity contribution in [1.29, 1.82) is 0 Å². The normalized spacial score (nSPS) is 11.0. The molecule has 0 spiro atoms. The van der Waals surface area contributed by atoms with Crippen LogP contribution in [0.4, 0.5) is 5.69 Å². The minimum atomic E-state index is -0.464. The molecule has 8 nitrogen and oxygen atoms in total. The lowest BCUT2D eigenvalue weighted by molar-refractivity contribution is -0.384. The summed E-state index contributed by atoms with van der Waals surface area (Å²) in [6.07, 6.45) is 1.33. The molecule has 0 aliphatic rings. The van der Waals surface area contributed by atoms with Gasteiger partial charge in [-0.2, -0.15) is 5.10 Å². The molecule has 8 heteroatoms. The molecule has 0 radical (unpaired) electrons. The third-order valence-electron chi connectivity index (χ3n) is 3.78. The van der Waals surface area contributed by atoms with Crippen LogP contribution in [-0.2, 0) is 0 Å². The number of benzene rings is 2. The van der Waals surface area contributed by atoms with Gasteiger partial charge in [0.15, 0.2) is 0 Å². The molecule has 27 heavy (non-hydrogen) atoms. The third-order valence-corrected chi connectivity index (χ3v) is 3.78. The van der Waals surface area contributed by atoms with Gasteiger partial charge in [-0.15, -0.1) is 0 Å².